The third-order valence-electron chi connectivity index (χ3n) is 3.81. The van der Waals surface area contributed by atoms with Gasteiger partial charge < -0.3 is 10.4 Å². The van der Waals surface area contributed by atoms with E-state index in [1.54, 1.807) is 11.3 Å². The number of aliphatic hydroxyl groups excluding tert-OH is 1. The second kappa shape index (κ2) is 8.87. The lowest BCUT2D eigenvalue weighted by atomic mass is 10.00. The van der Waals surface area contributed by atoms with Crippen LogP contribution in [0, 0.1) is 0 Å². The van der Waals surface area contributed by atoms with Gasteiger partial charge in [-0.3, -0.25) is 15.0 Å². The summed E-state index contributed by atoms with van der Waals surface area (Å²) in [7, 11) is 0. The molecule has 22 heavy (non-hydrogen) atoms. The summed E-state index contributed by atoms with van der Waals surface area (Å²) in [6.45, 7) is 1.60. The van der Waals surface area contributed by atoms with Crippen LogP contribution in [0.2, 0.25) is 0 Å². The monoisotopic (exact) mass is 325 g/mol. The Morgan fingerprint density at radius 3 is 3.00 bits per heavy atom. The van der Waals surface area contributed by atoms with Crippen molar-refractivity contribution >= 4 is 23.3 Å². The molecule has 0 bridgehead atoms. The highest BCUT2D eigenvalue weighted by atomic mass is 32.1. The minimum Gasteiger partial charge on any atom is -0.396 e. The maximum Gasteiger partial charge on any atom is 0.321 e. The Morgan fingerprint density at radius 1 is 1.41 bits per heavy atom. The predicted octanol–water partition coefficient (Wildman–Crippen LogP) is 1.31. The molecule has 0 aromatic carbocycles. The summed E-state index contributed by atoms with van der Waals surface area (Å²) >= 11 is 1.56. The normalized spacial score (nSPS) is 18.9. The van der Waals surface area contributed by atoms with Crippen molar-refractivity contribution in [3.8, 4) is 0 Å². The molecule has 6 nitrogen and oxygen atoms in total. The van der Waals surface area contributed by atoms with Crippen LogP contribution in [0.3, 0.4) is 0 Å². The molecule has 1 unspecified atom stereocenters. The van der Waals surface area contributed by atoms with E-state index in [9.17, 15) is 9.59 Å². The lowest BCUT2D eigenvalue weighted by Gasteiger charge is -2.34. The highest BCUT2D eigenvalue weighted by Crippen LogP contribution is 2.18. The zero-order valence-corrected chi connectivity index (χ0v) is 13.4. The first-order valence-corrected chi connectivity index (χ1v) is 8.52. The summed E-state index contributed by atoms with van der Waals surface area (Å²) in [6.07, 6.45) is 3.86. The van der Waals surface area contributed by atoms with Gasteiger partial charge in [0.25, 0.3) is 0 Å². The molecule has 1 atom stereocenters. The van der Waals surface area contributed by atoms with Crippen LogP contribution in [0.5, 0.6) is 0 Å². The standard InChI is InChI=1S/C15H23N3O3S/c19-8-6-12-4-1-2-7-18(12)11-14(20)17-15(21)16-10-13-5-3-9-22-13/h3,5,9,12,19H,1-2,4,6-8,10-11H2,(H2,16,17,20,21). The number of urea groups is 1. The molecule has 0 saturated carbocycles. The van der Waals surface area contributed by atoms with Crippen molar-refractivity contribution in [3.63, 3.8) is 0 Å². The van der Waals surface area contributed by atoms with Crippen molar-refractivity contribution in [2.45, 2.75) is 38.3 Å². The number of thiophene rings is 1. The number of hydrogen-bond donors (Lipinski definition) is 3. The number of aliphatic hydroxyl groups is 1. The minimum atomic E-state index is -0.464. The van der Waals surface area contributed by atoms with Crippen LogP contribution in [0.1, 0.15) is 30.6 Å². The Balaban J connectivity index is 1.72. The maximum atomic E-state index is 12.0. The molecular formula is C15H23N3O3S. The fraction of sp³-hybridized carbons (Fsp3) is 0.600. The Bertz CT molecular complexity index is 476. The first-order chi connectivity index (χ1) is 10.7. The smallest absolute Gasteiger partial charge is 0.321 e. The highest BCUT2D eigenvalue weighted by molar-refractivity contribution is 7.09. The number of nitrogens with zero attached hydrogens (tertiary/aromatic N) is 1. The van der Waals surface area contributed by atoms with Crippen LogP contribution in [-0.4, -0.2) is 47.7 Å². The first-order valence-electron chi connectivity index (χ1n) is 7.64. The molecule has 2 heterocycles. The van der Waals surface area contributed by atoms with Crippen LogP contribution in [0.15, 0.2) is 17.5 Å². The number of hydrogen-bond acceptors (Lipinski definition) is 5. The third-order valence-corrected chi connectivity index (χ3v) is 4.69. The Hall–Kier alpha value is -1.44. The van der Waals surface area contributed by atoms with Crippen LogP contribution < -0.4 is 10.6 Å². The number of nitrogens with one attached hydrogen (secondary N) is 2. The van der Waals surface area contributed by atoms with Crippen molar-refractivity contribution in [2.75, 3.05) is 19.7 Å². The van der Waals surface area contributed by atoms with Crippen LogP contribution >= 0.6 is 11.3 Å². The van der Waals surface area contributed by atoms with Crippen molar-refractivity contribution in [1.29, 1.82) is 0 Å². The molecule has 1 aromatic heterocycles. The second-order valence-corrected chi connectivity index (χ2v) is 6.47. The average molecular weight is 325 g/mol. The summed E-state index contributed by atoms with van der Waals surface area (Å²) < 4.78 is 0. The zero-order chi connectivity index (χ0) is 15.8. The van der Waals surface area contributed by atoms with Gasteiger partial charge in [-0.2, -0.15) is 0 Å². The van der Waals surface area contributed by atoms with E-state index in [1.807, 2.05) is 17.5 Å². The third kappa shape index (κ3) is 5.40. The second-order valence-electron chi connectivity index (χ2n) is 5.44. The number of carbonyl (C=O) groups excluding carboxylic acids is 2. The SMILES string of the molecule is O=C(CN1CCCCC1CCO)NC(=O)NCc1cccs1. The fourth-order valence-corrected chi connectivity index (χ4v) is 3.36. The number of likely N-dealkylation sites (tertiary alicyclic amines) is 1. The van der Waals surface area contributed by atoms with E-state index in [4.69, 9.17) is 5.11 Å². The topological polar surface area (TPSA) is 81.7 Å². The lowest BCUT2D eigenvalue weighted by Crippen LogP contribution is -2.48. The number of imide groups is 1. The molecule has 0 radical (unpaired) electrons. The highest BCUT2D eigenvalue weighted by Gasteiger charge is 2.24. The Morgan fingerprint density at radius 2 is 2.27 bits per heavy atom. The van der Waals surface area contributed by atoms with E-state index < -0.39 is 6.03 Å². The molecule has 3 N–H and O–H groups in total. The van der Waals surface area contributed by atoms with E-state index in [1.165, 1.54) is 0 Å². The first kappa shape index (κ1) is 16.9. The van der Waals surface area contributed by atoms with Crippen LogP contribution in [0.4, 0.5) is 4.79 Å². The Labute approximate surface area is 134 Å². The quantitative estimate of drug-likeness (QED) is 0.736. The van der Waals surface area contributed by atoms with E-state index in [0.29, 0.717) is 13.0 Å². The number of piperidine rings is 1. The average Bonchev–Trinajstić information content (AvgIpc) is 3.01. The molecule has 1 aromatic rings. The van der Waals surface area contributed by atoms with E-state index in [-0.39, 0.29) is 25.1 Å². The molecule has 1 fully saturated rings. The zero-order valence-electron chi connectivity index (χ0n) is 12.6. The fourth-order valence-electron chi connectivity index (χ4n) is 2.72. The molecule has 0 aliphatic carbocycles. The van der Waals surface area contributed by atoms with Gasteiger partial charge in [-0.25, -0.2) is 4.79 Å². The summed E-state index contributed by atoms with van der Waals surface area (Å²) in [5.74, 6) is -0.298. The van der Waals surface area contributed by atoms with Crippen molar-refractivity contribution < 1.29 is 14.7 Å². The van der Waals surface area contributed by atoms with Crippen molar-refractivity contribution in [3.05, 3.63) is 22.4 Å². The molecule has 0 spiro atoms. The van der Waals surface area contributed by atoms with Crippen molar-refractivity contribution in [1.82, 2.24) is 15.5 Å². The van der Waals surface area contributed by atoms with Gasteiger partial charge in [-0.1, -0.05) is 12.5 Å². The van der Waals surface area contributed by atoms with Crippen LogP contribution in [0.25, 0.3) is 0 Å². The Kier molecular flexibility index (Phi) is 6.82. The van der Waals surface area contributed by atoms with Gasteiger partial charge in [-0.05, 0) is 37.3 Å². The number of amides is 3. The van der Waals surface area contributed by atoms with E-state index in [0.717, 1.165) is 30.7 Å². The lowest BCUT2D eigenvalue weighted by molar-refractivity contribution is -0.122. The van der Waals surface area contributed by atoms with Crippen molar-refractivity contribution in [2.24, 2.45) is 0 Å². The molecule has 2 rings (SSSR count). The van der Waals surface area contributed by atoms with Gasteiger partial charge in [-0.15, -0.1) is 11.3 Å². The molecule has 1 saturated heterocycles. The summed E-state index contributed by atoms with van der Waals surface area (Å²) in [6, 6.07) is 3.62. The summed E-state index contributed by atoms with van der Waals surface area (Å²) in [5, 5.41) is 16.1. The van der Waals surface area contributed by atoms with Gasteiger partial charge >= 0.3 is 6.03 Å². The molecule has 1 aliphatic heterocycles. The van der Waals surface area contributed by atoms with Crippen LogP contribution in [-0.2, 0) is 11.3 Å². The van der Waals surface area contributed by atoms with Gasteiger partial charge in [0, 0.05) is 17.5 Å². The largest absolute Gasteiger partial charge is 0.396 e. The van der Waals surface area contributed by atoms with Gasteiger partial charge in [0.05, 0.1) is 13.1 Å². The van der Waals surface area contributed by atoms with Gasteiger partial charge in [0.15, 0.2) is 0 Å². The maximum absolute atomic E-state index is 12.0. The minimum absolute atomic E-state index is 0.129. The summed E-state index contributed by atoms with van der Waals surface area (Å²) in [4.78, 5) is 26.8. The summed E-state index contributed by atoms with van der Waals surface area (Å²) in [5.41, 5.74) is 0. The number of rotatable bonds is 6. The van der Waals surface area contributed by atoms with Gasteiger partial charge in [0.2, 0.25) is 5.91 Å². The molecule has 7 heteroatoms. The molecular weight excluding hydrogens is 302 g/mol. The molecule has 122 valence electrons. The number of carbonyl (C=O) groups is 2. The van der Waals surface area contributed by atoms with E-state index >= 15 is 0 Å². The molecule has 1 aliphatic rings. The predicted molar refractivity (Wildman–Crippen MR) is 85.6 cm³/mol. The molecule has 3 amide bonds. The van der Waals surface area contributed by atoms with E-state index in [2.05, 4.69) is 15.5 Å². The van der Waals surface area contributed by atoms with Gasteiger partial charge in [0.1, 0.15) is 0 Å².